The fourth-order valence-corrected chi connectivity index (χ4v) is 2.13. The lowest BCUT2D eigenvalue weighted by molar-refractivity contribution is -0.384. The van der Waals surface area contributed by atoms with Crippen molar-refractivity contribution in [2.24, 2.45) is 5.73 Å². The Morgan fingerprint density at radius 3 is 2.52 bits per heavy atom. The lowest BCUT2D eigenvalue weighted by Crippen LogP contribution is -2.27. The van der Waals surface area contributed by atoms with Crippen LogP contribution in [0.15, 0.2) is 53.0 Å². The average Bonchev–Trinajstić information content (AvgIpc) is 2.49. The van der Waals surface area contributed by atoms with Gasteiger partial charge in [0.1, 0.15) is 11.7 Å². The van der Waals surface area contributed by atoms with E-state index in [2.05, 4.69) is 21.2 Å². The first-order chi connectivity index (χ1) is 9.99. The SMILES string of the molecule is N[C@H](C(=O)Nc1ccc(Br)cc1[N+](=O)[O-])c1ccccc1. The van der Waals surface area contributed by atoms with Gasteiger partial charge in [-0.05, 0) is 17.7 Å². The molecule has 1 atom stereocenters. The first kappa shape index (κ1) is 15.1. The number of nitrogens with two attached hydrogens (primary N) is 1. The number of rotatable bonds is 4. The van der Waals surface area contributed by atoms with E-state index in [1.54, 1.807) is 30.3 Å². The van der Waals surface area contributed by atoms with Gasteiger partial charge in [-0.3, -0.25) is 14.9 Å². The summed E-state index contributed by atoms with van der Waals surface area (Å²) in [5.74, 6) is -0.508. The number of carbonyl (C=O) groups is 1. The van der Waals surface area contributed by atoms with Crippen LogP contribution in [0, 0.1) is 10.1 Å². The Kier molecular flexibility index (Phi) is 4.66. The maximum atomic E-state index is 12.1. The first-order valence-corrected chi connectivity index (χ1v) is 6.83. The third-order valence-corrected chi connectivity index (χ3v) is 3.35. The van der Waals surface area contributed by atoms with Crippen LogP contribution in [0.3, 0.4) is 0 Å². The maximum absolute atomic E-state index is 12.1. The zero-order valence-corrected chi connectivity index (χ0v) is 12.4. The number of nitrogens with one attached hydrogen (secondary N) is 1. The highest BCUT2D eigenvalue weighted by Crippen LogP contribution is 2.28. The van der Waals surface area contributed by atoms with Crippen LogP contribution < -0.4 is 11.1 Å². The highest BCUT2D eigenvalue weighted by atomic mass is 79.9. The number of anilines is 1. The molecule has 0 aromatic heterocycles. The summed E-state index contributed by atoms with van der Waals surface area (Å²) in [6, 6.07) is 12.3. The number of carbonyl (C=O) groups excluding carboxylic acids is 1. The van der Waals surface area contributed by atoms with Gasteiger partial charge in [-0.2, -0.15) is 0 Å². The minimum Gasteiger partial charge on any atom is -0.319 e. The standard InChI is InChI=1S/C14H12BrN3O3/c15-10-6-7-11(12(8-10)18(20)21)17-14(19)13(16)9-4-2-1-3-5-9/h1-8,13H,16H2,(H,17,19)/t13-/m0/s1. The number of benzene rings is 2. The van der Waals surface area contributed by atoms with Crippen molar-refractivity contribution < 1.29 is 9.72 Å². The van der Waals surface area contributed by atoms with Gasteiger partial charge >= 0.3 is 0 Å². The second kappa shape index (κ2) is 6.47. The van der Waals surface area contributed by atoms with Gasteiger partial charge in [-0.15, -0.1) is 0 Å². The van der Waals surface area contributed by atoms with E-state index in [4.69, 9.17) is 5.73 Å². The number of nitrogens with zero attached hydrogens (tertiary/aromatic N) is 1. The van der Waals surface area contributed by atoms with E-state index in [1.165, 1.54) is 12.1 Å². The van der Waals surface area contributed by atoms with Crippen LogP contribution in [-0.2, 0) is 4.79 Å². The summed E-state index contributed by atoms with van der Waals surface area (Å²) >= 11 is 3.15. The zero-order valence-electron chi connectivity index (χ0n) is 10.8. The number of nitro groups is 1. The molecule has 2 aromatic carbocycles. The summed E-state index contributed by atoms with van der Waals surface area (Å²) in [5, 5.41) is 13.5. The summed E-state index contributed by atoms with van der Waals surface area (Å²) in [4.78, 5) is 22.5. The summed E-state index contributed by atoms with van der Waals surface area (Å²) in [6.45, 7) is 0. The molecular formula is C14H12BrN3O3. The molecule has 108 valence electrons. The number of hydrogen-bond acceptors (Lipinski definition) is 4. The molecule has 0 fully saturated rings. The second-order valence-corrected chi connectivity index (χ2v) is 5.21. The van der Waals surface area contributed by atoms with E-state index in [-0.39, 0.29) is 11.4 Å². The van der Waals surface area contributed by atoms with Gasteiger partial charge in [0, 0.05) is 10.5 Å². The summed E-state index contributed by atoms with van der Waals surface area (Å²) in [5.41, 5.74) is 6.40. The quantitative estimate of drug-likeness (QED) is 0.654. The van der Waals surface area contributed by atoms with Crippen molar-refractivity contribution >= 4 is 33.2 Å². The molecule has 0 unspecified atom stereocenters. The topological polar surface area (TPSA) is 98.3 Å². The molecular weight excluding hydrogens is 338 g/mol. The van der Waals surface area contributed by atoms with Crippen LogP contribution in [0.5, 0.6) is 0 Å². The maximum Gasteiger partial charge on any atom is 0.293 e. The first-order valence-electron chi connectivity index (χ1n) is 6.04. The molecule has 0 aliphatic rings. The van der Waals surface area contributed by atoms with E-state index in [0.717, 1.165) is 0 Å². The minimum absolute atomic E-state index is 0.111. The van der Waals surface area contributed by atoms with Crippen LogP contribution in [0.4, 0.5) is 11.4 Å². The van der Waals surface area contributed by atoms with Crippen molar-refractivity contribution in [2.75, 3.05) is 5.32 Å². The third-order valence-electron chi connectivity index (χ3n) is 2.86. The largest absolute Gasteiger partial charge is 0.319 e. The molecule has 1 amide bonds. The van der Waals surface area contributed by atoms with E-state index in [9.17, 15) is 14.9 Å². The van der Waals surface area contributed by atoms with Crippen LogP contribution in [0.1, 0.15) is 11.6 Å². The molecule has 0 aliphatic carbocycles. The molecule has 2 aromatic rings. The van der Waals surface area contributed by atoms with E-state index in [0.29, 0.717) is 10.0 Å². The van der Waals surface area contributed by atoms with Crippen molar-refractivity contribution in [1.82, 2.24) is 0 Å². The van der Waals surface area contributed by atoms with Crippen LogP contribution in [0.2, 0.25) is 0 Å². The van der Waals surface area contributed by atoms with E-state index >= 15 is 0 Å². The van der Waals surface area contributed by atoms with E-state index in [1.807, 2.05) is 6.07 Å². The Morgan fingerprint density at radius 1 is 1.24 bits per heavy atom. The molecule has 7 heteroatoms. The van der Waals surface area contributed by atoms with E-state index < -0.39 is 16.9 Å². The van der Waals surface area contributed by atoms with Crippen molar-refractivity contribution in [3.8, 4) is 0 Å². The molecule has 0 spiro atoms. The lowest BCUT2D eigenvalue weighted by atomic mass is 10.1. The Morgan fingerprint density at radius 2 is 1.90 bits per heavy atom. The van der Waals surface area contributed by atoms with Crippen molar-refractivity contribution in [3.63, 3.8) is 0 Å². The molecule has 6 nitrogen and oxygen atoms in total. The molecule has 3 N–H and O–H groups in total. The van der Waals surface area contributed by atoms with Gasteiger partial charge in [0.25, 0.3) is 5.69 Å². The Balaban J connectivity index is 2.22. The highest BCUT2D eigenvalue weighted by Gasteiger charge is 2.20. The average molecular weight is 350 g/mol. The van der Waals surface area contributed by atoms with Crippen molar-refractivity contribution in [2.45, 2.75) is 6.04 Å². The van der Waals surface area contributed by atoms with Crippen LogP contribution in [-0.4, -0.2) is 10.8 Å². The normalized spacial score (nSPS) is 11.7. The molecule has 0 heterocycles. The van der Waals surface area contributed by atoms with Gasteiger partial charge in [0.2, 0.25) is 5.91 Å². The summed E-state index contributed by atoms with van der Waals surface area (Å²) in [6.07, 6.45) is 0. The van der Waals surface area contributed by atoms with Gasteiger partial charge in [-0.1, -0.05) is 46.3 Å². The van der Waals surface area contributed by atoms with Crippen molar-refractivity contribution in [3.05, 3.63) is 68.7 Å². The smallest absolute Gasteiger partial charge is 0.293 e. The molecule has 0 radical (unpaired) electrons. The lowest BCUT2D eigenvalue weighted by Gasteiger charge is -2.12. The molecule has 0 saturated carbocycles. The molecule has 21 heavy (non-hydrogen) atoms. The molecule has 0 bridgehead atoms. The number of hydrogen-bond donors (Lipinski definition) is 2. The van der Waals surface area contributed by atoms with Gasteiger partial charge in [-0.25, -0.2) is 0 Å². The zero-order chi connectivity index (χ0) is 15.4. The fourth-order valence-electron chi connectivity index (χ4n) is 1.78. The third kappa shape index (κ3) is 3.65. The molecule has 0 aliphatic heterocycles. The number of nitro benzene ring substituents is 1. The number of amides is 1. The Bertz CT molecular complexity index is 676. The predicted octanol–water partition coefficient (Wildman–Crippen LogP) is 3.00. The second-order valence-electron chi connectivity index (χ2n) is 4.30. The minimum atomic E-state index is -0.894. The van der Waals surface area contributed by atoms with Gasteiger partial charge in [0.05, 0.1) is 4.92 Å². The Hall–Kier alpha value is -2.25. The monoisotopic (exact) mass is 349 g/mol. The Labute approximate surface area is 129 Å². The van der Waals surface area contributed by atoms with Crippen molar-refractivity contribution in [1.29, 1.82) is 0 Å². The molecule has 0 saturated heterocycles. The summed E-state index contributed by atoms with van der Waals surface area (Å²) < 4.78 is 0.555. The highest BCUT2D eigenvalue weighted by molar-refractivity contribution is 9.10. The predicted molar refractivity (Wildman–Crippen MR) is 82.8 cm³/mol. The van der Waals surface area contributed by atoms with Crippen LogP contribution >= 0.6 is 15.9 Å². The fraction of sp³-hybridized carbons (Fsp3) is 0.0714. The van der Waals surface area contributed by atoms with Gasteiger partial charge < -0.3 is 11.1 Å². The van der Waals surface area contributed by atoms with Crippen LogP contribution in [0.25, 0.3) is 0 Å². The number of halogens is 1. The summed E-state index contributed by atoms with van der Waals surface area (Å²) in [7, 11) is 0. The molecule has 2 rings (SSSR count). The van der Waals surface area contributed by atoms with Gasteiger partial charge in [0.15, 0.2) is 0 Å².